The second kappa shape index (κ2) is 4.98. The van der Waals surface area contributed by atoms with Crippen molar-refractivity contribution in [2.24, 2.45) is 7.05 Å². The fraction of sp³-hybridized carbons (Fsp3) is 0.227. The van der Waals surface area contributed by atoms with E-state index in [0.29, 0.717) is 0 Å². The van der Waals surface area contributed by atoms with Crippen LogP contribution >= 0.6 is 0 Å². The Morgan fingerprint density at radius 1 is 1.00 bits per heavy atom. The third-order valence-corrected chi connectivity index (χ3v) is 7.41. The number of rotatable bonds is 1. The molecule has 0 amide bonds. The van der Waals surface area contributed by atoms with Gasteiger partial charge in [-0.25, -0.2) is 0 Å². The van der Waals surface area contributed by atoms with Crippen LogP contribution in [-0.4, -0.2) is 8.07 Å². The van der Waals surface area contributed by atoms with Crippen LogP contribution in [0.5, 0.6) is 11.5 Å². The Morgan fingerprint density at radius 2 is 1.81 bits per heavy atom. The summed E-state index contributed by atoms with van der Waals surface area (Å²) >= 11 is 0. The van der Waals surface area contributed by atoms with E-state index >= 15 is 0 Å². The highest BCUT2D eigenvalue weighted by atomic mass is 28.3. The van der Waals surface area contributed by atoms with Crippen molar-refractivity contribution >= 4 is 35.1 Å². The highest BCUT2D eigenvalue weighted by Crippen LogP contribution is 2.46. The lowest BCUT2D eigenvalue weighted by molar-refractivity contribution is -0.640. The quantitative estimate of drug-likeness (QED) is 0.309. The number of aryl methyl sites for hydroxylation is 2. The first kappa shape index (κ1) is 15.6. The molecule has 0 unspecified atom stereocenters. The average Bonchev–Trinajstić information content (AvgIpc) is 3.05. The van der Waals surface area contributed by atoms with Crippen LogP contribution in [0.1, 0.15) is 5.56 Å². The van der Waals surface area contributed by atoms with Crippen molar-refractivity contribution in [3.05, 3.63) is 48.2 Å². The molecule has 0 atom stereocenters. The van der Waals surface area contributed by atoms with Gasteiger partial charge in [0.05, 0.1) is 25.3 Å². The molecular formula is C22H22NO2Si+. The molecule has 0 saturated carbocycles. The van der Waals surface area contributed by atoms with Crippen LogP contribution in [-0.2, 0) is 7.05 Å². The van der Waals surface area contributed by atoms with E-state index < -0.39 is 8.07 Å². The SMILES string of the molecule is Cc1ccc2cccc3c2c1-c1c(c([Si](C)(C)C)c2ccoc2[n+]1C)O3. The van der Waals surface area contributed by atoms with Crippen molar-refractivity contribution in [2.75, 3.05) is 0 Å². The largest absolute Gasteiger partial charge is 0.450 e. The molecule has 2 aromatic carbocycles. The van der Waals surface area contributed by atoms with E-state index in [1.165, 1.54) is 32.5 Å². The summed E-state index contributed by atoms with van der Waals surface area (Å²) in [5.74, 6) is 1.96. The first-order chi connectivity index (χ1) is 12.4. The summed E-state index contributed by atoms with van der Waals surface area (Å²) in [5, 5.41) is 4.92. The van der Waals surface area contributed by atoms with Crippen molar-refractivity contribution in [2.45, 2.75) is 26.6 Å². The van der Waals surface area contributed by atoms with E-state index in [0.717, 1.165) is 22.9 Å². The molecule has 0 radical (unpaired) electrons. The maximum absolute atomic E-state index is 6.59. The molecule has 0 aliphatic carbocycles. The zero-order valence-corrected chi connectivity index (χ0v) is 16.8. The molecule has 4 heteroatoms. The molecule has 0 saturated heterocycles. The smallest absolute Gasteiger partial charge is 0.380 e. The van der Waals surface area contributed by atoms with Gasteiger partial charge in [-0.05, 0) is 30.0 Å². The summed E-state index contributed by atoms with van der Waals surface area (Å²) in [5.41, 5.74) is 4.57. The molecule has 1 aliphatic heterocycles. The van der Waals surface area contributed by atoms with Crippen LogP contribution in [0.25, 0.3) is 33.1 Å². The third kappa shape index (κ3) is 1.91. The molecule has 5 rings (SSSR count). The maximum Gasteiger partial charge on any atom is 0.380 e. The Bertz CT molecular complexity index is 1210. The number of aromatic nitrogens is 1. The lowest BCUT2D eigenvalue weighted by atomic mass is 9.93. The minimum Gasteiger partial charge on any atom is -0.450 e. The van der Waals surface area contributed by atoms with Gasteiger partial charge in [-0.3, -0.25) is 0 Å². The van der Waals surface area contributed by atoms with Gasteiger partial charge in [-0.1, -0.05) is 43.9 Å². The number of hydrogen-bond donors (Lipinski definition) is 0. The van der Waals surface area contributed by atoms with Gasteiger partial charge >= 0.3 is 5.71 Å². The standard InChI is InChI=1S/C22H22NO2Si/c1-13-9-10-14-7-6-8-16-18(14)17(13)19-20(25-16)21(26(3,4)5)15-11-12-24-22(15)23(19)2/h6-12H,1-5H3/q+1. The van der Waals surface area contributed by atoms with Crippen LogP contribution in [0, 0.1) is 6.92 Å². The summed E-state index contributed by atoms with van der Waals surface area (Å²) in [6.07, 6.45) is 1.79. The Balaban J connectivity index is 2.06. The van der Waals surface area contributed by atoms with Crippen LogP contribution in [0.3, 0.4) is 0 Å². The summed E-state index contributed by atoms with van der Waals surface area (Å²) in [7, 11) is 0.394. The summed E-state index contributed by atoms with van der Waals surface area (Å²) < 4.78 is 14.7. The summed E-state index contributed by atoms with van der Waals surface area (Å²) in [4.78, 5) is 0. The highest BCUT2D eigenvalue weighted by molar-refractivity contribution is 6.91. The molecule has 2 aromatic heterocycles. The number of benzene rings is 2. The second-order valence-electron chi connectivity index (χ2n) is 8.21. The normalized spacial score (nSPS) is 13.1. The fourth-order valence-corrected chi connectivity index (χ4v) is 6.17. The van der Waals surface area contributed by atoms with Crippen LogP contribution in [0.2, 0.25) is 19.6 Å². The second-order valence-corrected chi connectivity index (χ2v) is 13.2. The van der Waals surface area contributed by atoms with Crippen molar-refractivity contribution in [3.63, 3.8) is 0 Å². The number of nitrogens with zero attached hydrogens (tertiary/aromatic N) is 1. The predicted molar refractivity (Wildman–Crippen MR) is 108 cm³/mol. The van der Waals surface area contributed by atoms with Crippen molar-refractivity contribution in [1.82, 2.24) is 0 Å². The van der Waals surface area contributed by atoms with Crippen LogP contribution < -0.4 is 14.5 Å². The van der Waals surface area contributed by atoms with Crippen LogP contribution in [0.15, 0.2) is 47.1 Å². The summed E-state index contributed by atoms with van der Waals surface area (Å²) in [6.45, 7) is 9.28. The molecule has 0 bridgehead atoms. The third-order valence-electron chi connectivity index (χ3n) is 5.41. The number of furan rings is 1. The van der Waals surface area contributed by atoms with E-state index in [-0.39, 0.29) is 0 Å². The Hall–Kier alpha value is -2.59. The molecular weight excluding hydrogens is 338 g/mol. The van der Waals surface area contributed by atoms with E-state index in [1.54, 1.807) is 6.26 Å². The number of pyridine rings is 1. The van der Waals surface area contributed by atoms with Gasteiger partial charge in [0.15, 0.2) is 5.75 Å². The molecule has 0 fully saturated rings. The van der Waals surface area contributed by atoms with Crippen molar-refractivity contribution < 1.29 is 13.7 Å². The molecule has 0 spiro atoms. The zero-order valence-electron chi connectivity index (χ0n) is 15.8. The molecule has 3 nitrogen and oxygen atoms in total. The molecule has 0 N–H and O–H groups in total. The molecule has 26 heavy (non-hydrogen) atoms. The van der Waals surface area contributed by atoms with Gasteiger partial charge < -0.3 is 9.15 Å². The monoisotopic (exact) mass is 360 g/mol. The minimum absolute atomic E-state index is 0.917. The lowest BCUT2D eigenvalue weighted by Crippen LogP contribution is -2.44. The van der Waals surface area contributed by atoms with Gasteiger partial charge in [0, 0.05) is 10.6 Å². The first-order valence-electron chi connectivity index (χ1n) is 9.02. The van der Waals surface area contributed by atoms with Gasteiger partial charge in [0.25, 0.3) is 5.69 Å². The van der Waals surface area contributed by atoms with Gasteiger partial charge in [-0.15, -0.1) is 0 Å². The summed E-state index contributed by atoms with van der Waals surface area (Å²) in [6, 6.07) is 12.8. The molecule has 4 aromatic rings. The van der Waals surface area contributed by atoms with E-state index in [1.807, 2.05) is 0 Å². The van der Waals surface area contributed by atoms with Crippen molar-refractivity contribution in [3.8, 4) is 22.8 Å². The van der Waals surface area contributed by atoms with Crippen LogP contribution in [0.4, 0.5) is 0 Å². The predicted octanol–water partition coefficient (Wildman–Crippen LogP) is 5.04. The lowest BCUT2D eigenvalue weighted by Gasteiger charge is -2.26. The molecule has 3 heterocycles. The Labute approximate surface area is 153 Å². The fourth-order valence-electron chi connectivity index (χ4n) is 4.32. The van der Waals surface area contributed by atoms with E-state index in [2.05, 4.69) is 74.6 Å². The van der Waals surface area contributed by atoms with Gasteiger partial charge in [0.1, 0.15) is 12.8 Å². The number of hydrogen-bond acceptors (Lipinski definition) is 2. The van der Waals surface area contributed by atoms with E-state index in [4.69, 9.17) is 9.15 Å². The highest BCUT2D eigenvalue weighted by Gasteiger charge is 2.38. The number of fused-ring (bicyclic) bond motifs is 3. The first-order valence-corrected chi connectivity index (χ1v) is 12.5. The Morgan fingerprint density at radius 3 is 2.58 bits per heavy atom. The van der Waals surface area contributed by atoms with Gasteiger partial charge in [0.2, 0.25) is 0 Å². The average molecular weight is 361 g/mol. The number of ether oxygens (including phenoxy) is 1. The molecule has 1 aliphatic rings. The Kier molecular flexibility index (Phi) is 3.00. The van der Waals surface area contributed by atoms with Gasteiger partial charge in [-0.2, -0.15) is 4.57 Å². The zero-order chi connectivity index (χ0) is 18.2. The topological polar surface area (TPSA) is 26.2 Å². The molecule has 130 valence electrons. The van der Waals surface area contributed by atoms with Crippen molar-refractivity contribution in [1.29, 1.82) is 0 Å². The van der Waals surface area contributed by atoms with E-state index in [9.17, 15) is 0 Å². The minimum atomic E-state index is -1.68. The maximum atomic E-state index is 6.59.